The SMILES string of the molecule is O=C(O)CCOCC#Cc1cccc2c1CN(C1CCC(=O)NC1=O)C2=O. The Labute approximate surface area is 155 Å². The maximum atomic E-state index is 12.7. The van der Waals surface area contributed by atoms with Crippen LogP contribution in [0, 0.1) is 11.8 Å². The van der Waals surface area contributed by atoms with E-state index >= 15 is 0 Å². The Morgan fingerprint density at radius 3 is 2.89 bits per heavy atom. The highest BCUT2D eigenvalue weighted by molar-refractivity contribution is 6.05. The van der Waals surface area contributed by atoms with Crippen molar-refractivity contribution in [1.29, 1.82) is 0 Å². The number of rotatable bonds is 5. The first-order valence-electron chi connectivity index (χ1n) is 8.52. The Kier molecular flexibility index (Phi) is 5.52. The summed E-state index contributed by atoms with van der Waals surface area (Å²) in [4.78, 5) is 48.0. The van der Waals surface area contributed by atoms with E-state index in [-0.39, 0.29) is 44.4 Å². The number of benzene rings is 1. The van der Waals surface area contributed by atoms with E-state index in [9.17, 15) is 19.2 Å². The summed E-state index contributed by atoms with van der Waals surface area (Å²) in [6.07, 6.45) is 0.428. The number of hydrogen-bond acceptors (Lipinski definition) is 5. The normalized spacial score (nSPS) is 18.6. The van der Waals surface area contributed by atoms with Crippen molar-refractivity contribution in [3.63, 3.8) is 0 Å². The Bertz CT molecular complexity index is 867. The molecule has 3 rings (SSSR count). The molecule has 27 heavy (non-hydrogen) atoms. The van der Waals surface area contributed by atoms with Crippen molar-refractivity contribution in [1.82, 2.24) is 10.2 Å². The quantitative estimate of drug-likeness (QED) is 0.438. The monoisotopic (exact) mass is 370 g/mol. The molecule has 8 heteroatoms. The Balaban J connectivity index is 1.70. The lowest BCUT2D eigenvalue weighted by atomic mass is 10.0. The highest BCUT2D eigenvalue weighted by Gasteiger charge is 2.39. The lowest BCUT2D eigenvalue weighted by Gasteiger charge is -2.29. The maximum absolute atomic E-state index is 12.7. The molecule has 1 aromatic rings. The van der Waals surface area contributed by atoms with Gasteiger partial charge in [0.2, 0.25) is 11.8 Å². The highest BCUT2D eigenvalue weighted by atomic mass is 16.5. The highest BCUT2D eigenvalue weighted by Crippen LogP contribution is 2.29. The molecule has 2 aliphatic heterocycles. The number of aliphatic carboxylic acids is 1. The topological polar surface area (TPSA) is 113 Å². The van der Waals surface area contributed by atoms with E-state index in [4.69, 9.17) is 9.84 Å². The van der Waals surface area contributed by atoms with E-state index in [2.05, 4.69) is 17.2 Å². The summed E-state index contributed by atoms with van der Waals surface area (Å²) in [6.45, 7) is 0.422. The Hall–Kier alpha value is -3.18. The van der Waals surface area contributed by atoms with Gasteiger partial charge in [0.15, 0.2) is 0 Å². The van der Waals surface area contributed by atoms with Crippen LogP contribution in [0.4, 0.5) is 0 Å². The number of imide groups is 1. The summed E-state index contributed by atoms with van der Waals surface area (Å²) >= 11 is 0. The molecule has 0 saturated carbocycles. The first kappa shape index (κ1) is 18.6. The number of carbonyl (C=O) groups excluding carboxylic acids is 3. The number of carbonyl (C=O) groups is 4. The average Bonchev–Trinajstić information content (AvgIpc) is 2.95. The second-order valence-corrected chi connectivity index (χ2v) is 6.23. The second-order valence-electron chi connectivity index (χ2n) is 6.23. The van der Waals surface area contributed by atoms with Crippen LogP contribution in [0.1, 0.15) is 40.7 Å². The Morgan fingerprint density at radius 1 is 1.33 bits per heavy atom. The lowest BCUT2D eigenvalue weighted by molar-refractivity contribution is -0.138. The number of piperidine rings is 1. The minimum Gasteiger partial charge on any atom is -0.481 e. The smallest absolute Gasteiger partial charge is 0.305 e. The first-order valence-corrected chi connectivity index (χ1v) is 8.52. The van der Waals surface area contributed by atoms with Gasteiger partial charge >= 0.3 is 5.97 Å². The fourth-order valence-corrected chi connectivity index (χ4v) is 3.12. The molecule has 140 valence electrons. The molecule has 0 spiro atoms. The molecule has 1 aromatic carbocycles. The van der Waals surface area contributed by atoms with E-state index in [0.29, 0.717) is 17.5 Å². The van der Waals surface area contributed by atoms with Crippen molar-refractivity contribution in [2.45, 2.75) is 31.8 Å². The summed E-state index contributed by atoms with van der Waals surface area (Å²) in [5.41, 5.74) is 1.90. The lowest BCUT2D eigenvalue weighted by Crippen LogP contribution is -2.52. The minimum atomic E-state index is -0.934. The Morgan fingerprint density at radius 2 is 2.15 bits per heavy atom. The number of fused-ring (bicyclic) bond motifs is 1. The number of hydrogen-bond donors (Lipinski definition) is 2. The molecular weight excluding hydrogens is 352 g/mol. The third kappa shape index (κ3) is 4.15. The molecule has 0 aromatic heterocycles. The predicted octanol–water partition coefficient (Wildman–Crippen LogP) is 0.290. The summed E-state index contributed by atoms with van der Waals surface area (Å²) in [5.74, 6) is 3.79. The van der Waals surface area contributed by atoms with E-state index in [0.717, 1.165) is 5.56 Å². The summed E-state index contributed by atoms with van der Waals surface area (Å²) in [6, 6.07) is 4.53. The molecule has 1 atom stereocenters. The van der Waals surface area contributed by atoms with Gasteiger partial charge in [0.05, 0.1) is 13.0 Å². The largest absolute Gasteiger partial charge is 0.481 e. The van der Waals surface area contributed by atoms with E-state index < -0.39 is 17.9 Å². The molecule has 0 aliphatic carbocycles. The molecule has 8 nitrogen and oxygen atoms in total. The summed E-state index contributed by atoms with van der Waals surface area (Å²) < 4.78 is 5.13. The van der Waals surface area contributed by atoms with Crippen molar-refractivity contribution in [3.8, 4) is 11.8 Å². The number of nitrogens with zero attached hydrogens (tertiary/aromatic N) is 1. The van der Waals surface area contributed by atoms with Crippen molar-refractivity contribution in [3.05, 3.63) is 34.9 Å². The van der Waals surface area contributed by atoms with E-state index in [1.165, 1.54) is 4.90 Å². The molecule has 0 bridgehead atoms. The van der Waals surface area contributed by atoms with E-state index in [1.54, 1.807) is 18.2 Å². The molecule has 1 saturated heterocycles. The van der Waals surface area contributed by atoms with Gasteiger partial charge in [-0.15, -0.1) is 0 Å². The zero-order valence-corrected chi connectivity index (χ0v) is 14.5. The van der Waals surface area contributed by atoms with E-state index in [1.807, 2.05) is 0 Å². The van der Waals surface area contributed by atoms with Crippen molar-refractivity contribution in [2.75, 3.05) is 13.2 Å². The van der Waals surface area contributed by atoms with Gasteiger partial charge in [-0.3, -0.25) is 24.5 Å². The summed E-state index contributed by atoms with van der Waals surface area (Å²) in [7, 11) is 0. The fraction of sp³-hybridized carbons (Fsp3) is 0.368. The molecule has 2 N–H and O–H groups in total. The van der Waals surface area contributed by atoms with Crippen LogP contribution in [0.25, 0.3) is 0 Å². The van der Waals surface area contributed by atoms with Crippen LogP contribution < -0.4 is 5.32 Å². The summed E-state index contributed by atoms with van der Waals surface area (Å²) in [5, 5.41) is 10.8. The molecule has 1 unspecified atom stereocenters. The van der Waals surface area contributed by atoms with Crippen molar-refractivity contribution < 1.29 is 29.0 Å². The van der Waals surface area contributed by atoms with Gasteiger partial charge in [-0.1, -0.05) is 17.9 Å². The van der Waals surface area contributed by atoms with Gasteiger partial charge in [0.1, 0.15) is 12.6 Å². The third-order valence-corrected chi connectivity index (χ3v) is 4.44. The average molecular weight is 370 g/mol. The zero-order chi connectivity index (χ0) is 19.4. The van der Waals surface area contributed by atoms with Crippen LogP contribution in [0.5, 0.6) is 0 Å². The van der Waals surface area contributed by atoms with Crippen molar-refractivity contribution in [2.24, 2.45) is 0 Å². The molecule has 1 fully saturated rings. The van der Waals surface area contributed by atoms with Crippen molar-refractivity contribution >= 4 is 23.7 Å². The number of amides is 3. The first-order chi connectivity index (χ1) is 13.0. The number of carboxylic acids is 1. The molecule has 2 aliphatic rings. The zero-order valence-electron chi connectivity index (χ0n) is 14.5. The van der Waals surface area contributed by atoms with Crippen LogP contribution in [-0.4, -0.2) is 53.0 Å². The predicted molar refractivity (Wildman–Crippen MR) is 92.4 cm³/mol. The van der Waals surface area contributed by atoms with Gasteiger partial charge in [-0.25, -0.2) is 0 Å². The number of ether oxygens (including phenoxy) is 1. The maximum Gasteiger partial charge on any atom is 0.305 e. The van der Waals surface area contributed by atoms with Crippen LogP contribution >= 0.6 is 0 Å². The van der Waals surface area contributed by atoms with Gasteiger partial charge < -0.3 is 14.7 Å². The van der Waals surface area contributed by atoms with Gasteiger partial charge in [0.25, 0.3) is 5.91 Å². The van der Waals surface area contributed by atoms with Gasteiger partial charge in [0, 0.05) is 24.1 Å². The minimum absolute atomic E-state index is 0.0820. The second kappa shape index (κ2) is 8.01. The molecule has 0 radical (unpaired) electrons. The molecule has 3 amide bonds. The van der Waals surface area contributed by atoms with Crippen LogP contribution in [0.2, 0.25) is 0 Å². The van der Waals surface area contributed by atoms with Gasteiger partial charge in [-0.2, -0.15) is 0 Å². The molecule has 2 heterocycles. The van der Waals surface area contributed by atoms with Crippen LogP contribution in [0.3, 0.4) is 0 Å². The third-order valence-electron chi connectivity index (χ3n) is 4.44. The standard InChI is InChI=1S/C19H18N2O6/c22-16-7-6-15(18(25)20-16)21-11-14-12(3-1-5-13(14)19(21)26)4-2-9-27-10-8-17(23)24/h1,3,5,15H,6-11H2,(H,23,24)(H,20,22,25). The van der Waals surface area contributed by atoms with Gasteiger partial charge in [-0.05, 0) is 24.1 Å². The molecular formula is C19H18N2O6. The number of nitrogens with one attached hydrogen (secondary N) is 1. The fourth-order valence-electron chi connectivity index (χ4n) is 3.12. The number of carboxylic acid groups (broad SMARTS) is 1. The van der Waals surface area contributed by atoms with Crippen LogP contribution in [0.15, 0.2) is 18.2 Å². The van der Waals surface area contributed by atoms with Crippen LogP contribution in [-0.2, 0) is 25.7 Å².